The number of likely N-dealkylation sites (tertiary alicyclic amines) is 1. The van der Waals surface area contributed by atoms with E-state index in [1.165, 1.54) is 16.7 Å². The molecule has 5 rings (SSSR count). The van der Waals surface area contributed by atoms with E-state index in [4.69, 9.17) is 4.52 Å². The van der Waals surface area contributed by atoms with Gasteiger partial charge in [0.05, 0.1) is 12.0 Å². The first-order chi connectivity index (χ1) is 14.4. The van der Waals surface area contributed by atoms with Gasteiger partial charge in [-0.25, -0.2) is 0 Å². The molecule has 0 bridgehead atoms. The predicted molar refractivity (Wildman–Crippen MR) is 115 cm³/mol. The molecule has 0 radical (unpaired) electrons. The van der Waals surface area contributed by atoms with Gasteiger partial charge in [0, 0.05) is 18.5 Å². The molecule has 1 aromatic heterocycles. The summed E-state index contributed by atoms with van der Waals surface area (Å²) in [5.41, 5.74) is 4.95. The molecule has 3 aromatic rings. The van der Waals surface area contributed by atoms with Crippen molar-refractivity contribution in [3.8, 4) is 11.4 Å². The Hall–Kier alpha value is -2.95. The fourth-order valence-corrected chi connectivity index (χ4v) is 4.69. The normalized spacial score (nSPS) is 21.3. The number of hydrogen-bond acceptors (Lipinski definition) is 4. The molecule has 5 nitrogen and oxygen atoms in total. The molecular formula is C25H27N3O2. The fraction of sp³-hybridized carbons (Fsp3) is 0.400. The molecule has 2 heterocycles. The second-order valence-electron chi connectivity index (χ2n) is 9.48. The lowest BCUT2D eigenvalue weighted by molar-refractivity contribution is -0.129. The third-order valence-electron chi connectivity index (χ3n) is 6.44. The summed E-state index contributed by atoms with van der Waals surface area (Å²) in [4.78, 5) is 19.4. The van der Waals surface area contributed by atoms with Gasteiger partial charge >= 0.3 is 0 Å². The van der Waals surface area contributed by atoms with Gasteiger partial charge in [-0.2, -0.15) is 4.98 Å². The molecule has 2 unspecified atom stereocenters. The highest BCUT2D eigenvalue weighted by Crippen LogP contribution is 2.40. The van der Waals surface area contributed by atoms with Crippen LogP contribution in [0.4, 0.5) is 0 Å². The van der Waals surface area contributed by atoms with E-state index >= 15 is 0 Å². The van der Waals surface area contributed by atoms with Crippen molar-refractivity contribution >= 4 is 5.91 Å². The van der Waals surface area contributed by atoms with Crippen LogP contribution in [-0.2, 0) is 16.6 Å². The van der Waals surface area contributed by atoms with Crippen molar-refractivity contribution in [1.29, 1.82) is 0 Å². The molecule has 0 N–H and O–H groups in total. The minimum absolute atomic E-state index is 0.0413. The molecule has 2 atom stereocenters. The van der Waals surface area contributed by atoms with Gasteiger partial charge in [-0.05, 0) is 34.9 Å². The minimum atomic E-state index is -0.0413. The average molecular weight is 402 g/mol. The number of carbonyl (C=O) groups is 1. The number of aromatic nitrogens is 2. The molecule has 2 aliphatic rings. The van der Waals surface area contributed by atoms with Crippen molar-refractivity contribution in [2.75, 3.05) is 6.54 Å². The molecule has 1 aliphatic carbocycles. The van der Waals surface area contributed by atoms with E-state index in [1.807, 2.05) is 17.0 Å². The van der Waals surface area contributed by atoms with E-state index in [1.54, 1.807) is 0 Å². The lowest BCUT2D eigenvalue weighted by Gasteiger charge is -2.25. The topological polar surface area (TPSA) is 59.2 Å². The third-order valence-corrected chi connectivity index (χ3v) is 6.44. The molecule has 30 heavy (non-hydrogen) atoms. The second-order valence-corrected chi connectivity index (χ2v) is 9.48. The van der Waals surface area contributed by atoms with E-state index in [0.717, 1.165) is 18.4 Å². The smallest absolute Gasteiger partial charge is 0.232 e. The van der Waals surface area contributed by atoms with Gasteiger partial charge < -0.3 is 9.42 Å². The van der Waals surface area contributed by atoms with E-state index in [-0.39, 0.29) is 23.3 Å². The molecule has 0 saturated carbocycles. The summed E-state index contributed by atoms with van der Waals surface area (Å²) < 4.78 is 5.59. The van der Waals surface area contributed by atoms with Crippen LogP contribution < -0.4 is 0 Å². The Morgan fingerprint density at radius 1 is 1.07 bits per heavy atom. The van der Waals surface area contributed by atoms with Crippen molar-refractivity contribution in [3.63, 3.8) is 0 Å². The van der Waals surface area contributed by atoms with Crippen LogP contribution >= 0.6 is 0 Å². The number of hydrogen-bond donors (Lipinski definition) is 0. The highest BCUT2D eigenvalue weighted by molar-refractivity contribution is 5.80. The largest absolute Gasteiger partial charge is 0.339 e. The third kappa shape index (κ3) is 3.32. The number of fused-ring (bicyclic) bond motifs is 1. The average Bonchev–Trinajstić information content (AvgIpc) is 3.45. The Bertz CT molecular complexity index is 1080. The Morgan fingerprint density at radius 2 is 1.83 bits per heavy atom. The fourth-order valence-electron chi connectivity index (χ4n) is 4.69. The van der Waals surface area contributed by atoms with Gasteiger partial charge in [-0.1, -0.05) is 74.5 Å². The molecule has 0 spiro atoms. The van der Waals surface area contributed by atoms with Crippen LogP contribution in [0.1, 0.15) is 68.2 Å². The highest BCUT2D eigenvalue weighted by Gasteiger charge is 2.40. The van der Waals surface area contributed by atoms with Gasteiger partial charge in [0.25, 0.3) is 0 Å². The van der Waals surface area contributed by atoms with Crippen LogP contribution in [0.25, 0.3) is 11.4 Å². The highest BCUT2D eigenvalue weighted by atomic mass is 16.5. The van der Waals surface area contributed by atoms with Crippen LogP contribution in [-0.4, -0.2) is 27.5 Å². The number of rotatable bonds is 3. The van der Waals surface area contributed by atoms with Crippen LogP contribution in [0, 0.1) is 0 Å². The summed E-state index contributed by atoms with van der Waals surface area (Å²) in [6, 6.07) is 16.9. The maximum atomic E-state index is 12.8. The van der Waals surface area contributed by atoms with Crippen LogP contribution in [0.5, 0.6) is 0 Å². The Kier molecular flexibility index (Phi) is 4.49. The zero-order chi connectivity index (χ0) is 20.9. The summed E-state index contributed by atoms with van der Waals surface area (Å²) in [5, 5.41) is 4.19. The van der Waals surface area contributed by atoms with Gasteiger partial charge in [-0.15, -0.1) is 0 Å². The van der Waals surface area contributed by atoms with Gasteiger partial charge in [-0.3, -0.25) is 4.79 Å². The van der Waals surface area contributed by atoms with Gasteiger partial charge in [0.15, 0.2) is 0 Å². The first-order valence-corrected chi connectivity index (χ1v) is 10.7. The van der Waals surface area contributed by atoms with Crippen molar-refractivity contribution in [3.05, 3.63) is 71.1 Å². The summed E-state index contributed by atoms with van der Waals surface area (Å²) in [6.45, 7) is 7.22. The maximum Gasteiger partial charge on any atom is 0.232 e. The van der Waals surface area contributed by atoms with Crippen molar-refractivity contribution in [2.45, 2.75) is 57.4 Å². The number of benzene rings is 2. The Balaban J connectivity index is 1.33. The zero-order valence-electron chi connectivity index (χ0n) is 17.8. The maximum absolute atomic E-state index is 12.8. The van der Waals surface area contributed by atoms with E-state index in [9.17, 15) is 4.79 Å². The Labute approximate surface area is 177 Å². The molecule has 1 amide bonds. The number of aryl methyl sites for hydroxylation is 1. The van der Waals surface area contributed by atoms with Gasteiger partial charge in [0.2, 0.25) is 17.6 Å². The van der Waals surface area contributed by atoms with E-state index < -0.39 is 0 Å². The SMILES string of the molecule is CC(C)(C)c1ccc(-c2noc(C3CC(=O)N(C4CCc5ccccc54)C3)n2)cc1. The van der Waals surface area contributed by atoms with Crippen LogP contribution in [0.3, 0.4) is 0 Å². The lowest BCUT2D eigenvalue weighted by atomic mass is 9.87. The van der Waals surface area contributed by atoms with E-state index in [2.05, 4.69) is 67.3 Å². The number of amides is 1. The summed E-state index contributed by atoms with van der Waals surface area (Å²) in [5.74, 6) is 1.28. The van der Waals surface area contributed by atoms with Crippen LogP contribution in [0.15, 0.2) is 53.1 Å². The summed E-state index contributed by atoms with van der Waals surface area (Å²) >= 11 is 0. The molecule has 1 aliphatic heterocycles. The standard InChI is InChI=1S/C25H27N3O2/c1-25(2,3)19-11-8-17(9-12-19)23-26-24(30-27-23)18-14-22(29)28(15-18)21-13-10-16-6-4-5-7-20(16)21/h4-9,11-12,18,21H,10,13-15H2,1-3H3. The number of nitrogens with zero attached hydrogens (tertiary/aromatic N) is 3. The van der Waals surface area contributed by atoms with Crippen molar-refractivity contribution < 1.29 is 9.32 Å². The summed E-state index contributed by atoms with van der Waals surface area (Å²) in [7, 11) is 0. The lowest BCUT2D eigenvalue weighted by Crippen LogP contribution is -2.28. The van der Waals surface area contributed by atoms with Crippen LogP contribution in [0.2, 0.25) is 0 Å². The molecule has 1 fully saturated rings. The van der Waals surface area contributed by atoms with Gasteiger partial charge in [0.1, 0.15) is 0 Å². The van der Waals surface area contributed by atoms with Crippen molar-refractivity contribution in [2.24, 2.45) is 0 Å². The van der Waals surface area contributed by atoms with Crippen molar-refractivity contribution in [1.82, 2.24) is 15.0 Å². The zero-order valence-corrected chi connectivity index (χ0v) is 17.8. The number of carbonyl (C=O) groups excluding carboxylic acids is 1. The Morgan fingerprint density at radius 3 is 2.60 bits per heavy atom. The summed E-state index contributed by atoms with van der Waals surface area (Å²) in [6.07, 6.45) is 2.46. The first-order valence-electron chi connectivity index (χ1n) is 10.7. The second kappa shape index (κ2) is 7.08. The minimum Gasteiger partial charge on any atom is -0.339 e. The monoisotopic (exact) mass is 401 g/mol. The molecule has 154 valence electrons. The molecule has 5 heteroatoms. The molecular weight excluding hydrogens is 374 g/mol. The first kappa shape index (κ1) is 19.0. The predicted octanol–water partition coefficient (Wildman–Crippen LogP) is 5.04. The molecule has 2 aromatic carbocycles. The quantitative estimate of drug-likeness (QED) is 0.617. The van der Waals surface area contributed by atoms with E-state index in [0.29, 0.717) is 24.7 Å². The molecule has 1 saturated heterocycles.